The van der Waals surface area contributed by atoms with Crippen LogP contribution < -0.4 is 5.32 Å². The van der Waals surface area contributed by atoms with Crippen molar-refractivity contribution in [2.45, 2.75) is 51.6 Å². The molecule has 0 bridgehead atoms. The topological polar surface area (TPSA) is 49.4 Å². The molecule has 0 radical (unpaired) electrons. The van der Waals surface area contributed by atoms with Crippen molar-refractivity contribution < 1.29 is 9.00 Å². The third-order valence-electron chi connectivity index (χ3n) is 4.65. The lowest BCUT2D eigenvalue weighted by Crippen LogP contribution is -2.49. The highest BCUT2D eigenvalue weighted by Gasteiger charge is 2.25. The summed E-state index contributed by atoms with van der Waals surface area (Å²) in [6.45, 7) is 4.18. The van der Waals surface area contributed by atoms with Gasteiger partial charge in [-0.3, -0.25) is 4.21 Å². The minimum Gasteiger partial charge on any atom is -0.335 e. The molecule has 1 atom stereocenters. The number of carbonyl (C=O) groups is 1. The molecule has 1 aliphatic rings. The van der Waals surface area contributed by atoms with Gasteiger partial charge in [-0.1, -0.05) is 36.8 Å². The van der Waals surface area contributed by atoms with Gasteiger partial charge in [0.05, 0.1) is 0 Å². The molecule has 5 heteroatoms. The number of aryl methyl sites for hydroxylation is 1. The van der Waals surface area contributed by atoms with Crippen molar-refractivity contribution in [3.8, 4) is 0 Å². The van der Waals surface area contributed by atoms with Gasteiger partial charge in [-0.2, -0.15) is 0 Å². The van der Waals surface area contributed by atoms with Crippen LogP contribution in [0.4, 0.5) is 4.79 Å². The fourth-order valence-corrected chi connectivity index (χ4v) is 4.19. The first-order valence-electron chi connectivity index (χ1n) is 8.43. The Labute approximate surface area is 142 Å². The van der Waals surface area contributed by atoms with E-state index in [0.717, 1.165) is 25.7 Å². The van der Waals surface area contributed by atoms with E-state index in [0.29, 0.717) is 11.5 Å². The zero-order chi connectivity index (χ0) is 16.8. The monoisotopic (exact) mass is 336 g/mol. The zero-order valence-corrected chi connectivity index (χ0v) is 15.2. The first kappa shape index (κ1) is 18.0. The van der Waals surface area contributed by atoms with E-state index in [2.05, 4.69) is 43.4 Å². The van der Waals surface area contributed by atoms with Crippen LogP contribution in [-0.2, 0) is 17.2 Å². The predicted octanol–water partition coefficient (Wildman–Crippen LogP) is 2.87. The molecule has 1 aliphatic heterocycles. The molecule has 1 saturated heterocycles. The SMILES string of the molecule is CC[C@H](Cc1ccc(C)cc1)NC(=O)N(C)C1CCS(=O)CC1. The average Bonchev–Trinajstić information content (AvgIpc) is 2.56. The van der Waals surface area contributed by atoms with Crippen molar-refractivity contribution >= 4 is 16.8 Å². The summed E-state index contributed by atoms with van der Waals surface area (Å²) in [7, 11) is 1.16. The summed E-state index contributed by atoms with van der Waals surface area (Å²) >= 11 is 0. The highest BCUT2D eigenvalue weighted by molar-refractivity contribution is 7.85. The Morgan fingerprint density at radius 2 is 1.91 bits per heavy atom. The lowest BCUT2D eigenvalue weighted by atomic mass is 10.0. The normalized spacial score (nSPS) is 22.4. The van der Waals surface area contributed by atoms with E-state index in [9.17, 15) is 9.00 Å². The number of hydrogen-bond donors (Lipinski definition) is 1. The summed E-state index contributed by atoms with van der Waals surface area (Å²) in [5, 5.41) is 3.15. The third-order valence-corrected chi connectivity index (χ3v) is 6.03. The Morgan fingerprint density at radius 3 is 2.48 bits per heavy atom. The van der Waals surface area contributed by atoms with Gasteiger partial charge in [-0.25, -0.2) is 4.79 Å². The predicted molar refractivity (Wildman–Crippen MR) is 96.2 cm³/mol. The Hall–Kier alpha value is -1.36. The van der Waals surface area contributed by atoms with E-state index in [1.54, 1.807) is 4.90 Å². The summed E-state index contributed by atoms with van der Waals surface area (Å²) < 4.78 is 11.4. The first-order valence-corrected chi connectivity index (χ1v) is 9.92. The van der Waals surface area contributed by atoms with E-state index in [1.165, 1.54) is 11.1 Å². The minimum atomic E-state index is -0.690. The highest BCUT2D eigenvalue weighted by atomic mass is 32.2. The molecule has 0 aromatic heterocycles. The lowest BCUT2D eigenvalue weighted by Gasteiger charge is -2.32. The summed E-state index contributed by atoms with van der Waals surface area (Å²) in [4.78, 5) is 14.3. The summed E-state index contributed by atoms with van der Waals surface area (Å²) in [6.07, 6.45) is 3.43. The molecule has 0 unspecified atom stereocenters. The number of rotatable bonds is 5. The van der Waals surface area contributed by atoms with Crippen LogP contribution in [0.15, 0.2) is 24.3 Å². The van der Waals surface area contributed by atoms with Crippen LogP contribution in [0.5, 0.6) is 0 Å². The molecule has 4 nitrogen and oxygen atoms in total. The van der Waals surface area contributed by atoms with Crippen LogP contribution in [-0.4, -0.2) is 45.8 Å². The van der Waals surface area contributed by atoms with Crippen molar-refractivity contribution in [3.63, 3.8) is 0 Å². The van der Waals surface area contributed by atoms with Crippen LogP contribution in [0.3, 0.4) is 0 Å². The molecule has 1 aromatic rings. The molecule has 1 fully saturated rings. The maximum Gasteiger partial charge on any atom is 0.317 e. The maximum absolute atomic E-state index is 12.5. The molecule has 0 aliphatic carbocycles. The molecule has 128 valence electrons. The largest absolute Gasteiger partial charge is 0.335 e. The standard InChI is InChI=1S/C18H28N2O2S/c1-4-16(13-15-7-5-14(2)6-8-15)19-18(21)20(3)17-9-11-23(22)12-10-17/h5-8,16-17H,4,9-13H2,1-3H3,(H,19,21)/t16-,17?,23?/m1/s1. The van der Waals surface area contributed by atoms with Crippen molar-refractivity contribution in [1.82, 2.24) is 10.2 Å². The Morgan fingerprint density at radius 1 is 1.30 bits per heavy atom. The average molecular weight is 337 g/mol. The van der Waals surface area contributed by atoms with Gasteiger partial charge in [0, 0.05) is 41.4 Å². The fourth-order valence-electron chi connectivity index (χ4n) is 2.92. The summed E-state index contributed by atoms with van der Waals surface area (Å²) in [5.74, 6) is 1.42. The highest BCUT2D eigenvalue weighted by Crippen LogP contribution is 2.15. The van der Waals surface area contributed by atoms with Gasteiger partial charge in [0.2, 0.25) is 0 Å². The van der Waals surface area contributed by atoms with Gasteiger partial charge in [0.1, 0.15) is 0 Å². The van der Waals surface area contributed by atoms with E-state index in [-0.39, 0.29) is 18.1 Å². The van der Waals surface area contributed by atoms with Gasteiger partial charge in [0.15, 0.2) is 0 Å². The fraction of sp³-hybridized carbons (Fsp3) is 0.611. The molecule has 0 saturated carbocycles. The van der Waals surface area contributed by atoms with E-state index >= 15 is 0 Å². The molecule has 2 rings (SSSR count). The van der Waals surface area contributed by atoms with Gasteiger partial charge in [0.25, 0.3) is 0 Å². The zero-order valence-electron chi connectivity index (χ0n) is 14.4. The van der Waals surface area contributed by atoms with Gasteiger partial charge in [-0.05, 0) is 38.2 Å². The summed E-state index contributed by atoms with van der Waals surface area (Å²) in [6, 6.07) is 8.82. The molecule has 1 heterocycles. The smallest absolute Gasteiger partial charge is 0.317 e. The van der Waals surface area contributed by atoms with Crippen LogP contribution in [0.1, 0.15) is 37.3 Å². The second-order valence-corrected chi connectivity index (χ2v) is 8.13. The van der Waals surface area contributed by atoms with Gasteiger partial charge >= 0.3 is 6.03 Å². The molecule has 1 aromatic carbocycles. The number of amides is 2. The Kier molecular flexibility index (Phi) is 6.63. The molecular formula is C18H28N2O2S. The lowest BCUT2D eigenvalue weighted by molar-refractivity contribution is 0.181. The maximum atomic E-state index is 12.5. The second kappa shape index (κ2) is 8.48. The number of nitrogens with zero attached hydrogens (tertiary/aromatic N) is 1. The quantitative estimate of drug-likeness (QED) is 0.899. The Bertz CT molecular complexity index is 534. The van der Waals surface area contributed by atoms with Crippen molar-refractivity contribution in [2.24, 2.45) is 0 Å². The first-order chi connectivity index (χ1) is 11.0. The van der Waals surface area contributed by atoms with Crippen molar-refractivity contribution in [2.75, 3.05) is 18.6 Å². The third kappa shape index (κ3) is 5.34. The Balaban J connectivity index is 1.88. The minimum absolute atomic E-state index is 0.0124. The van der Waals surface area contributed by atoms with Gasteiger partial charge < -0.3 is 10.2 Å². The number of carbonyl (C=O) groups excluding carboxylic acids is 1. The van der Waals surface area contributed by atoms with Gasteiger partial charge in [-0.15, -0.1) is 0 Å². The number of benzene rings is 1. The number of urea groups is 1. The molecule has 0 spiro atoms. The number of hydrogen-bond acceptors (Lipinski definition) is 2. The number of nitrogens with one attached hydrogen (secondary N) is 1. The van der Waals surface area contributed by atoms with Crippen LogP contribution >= 0.6 is 0 Å². The second-order valence-electron chi connectivity index (χ2n) is 6.43. The molecular weight excluding hydrogens is 308 g/mol. The molecule has 23 heavy (non-hydrogen) atoms. The molecule has 2 amide bonds. The van der Waals surface area contributed by atoms with Crippen molar-refractivity contribution in [3.05, 3.63) is 35.4 Å². The van der Waals surface area contributed by atoms with Crippen LogP contribution in [0.2, 0.25) is 0 Å². The molecule has 1 N–H and O–H groups in total. The van der Waals surface area contributed by atoms with E-state index in [4.69, 9.17) is 0 Å². The van der Waals surface area contributed by atoms with Crippen LogP contribution in [0, 0.1) is 6.92 Å². The van der Waals surface area contributed by atoms with E-state index in [1.807, 2.05) is 7.05 Å². The van der Waals surface area contributed by atoms with E-state index < -0.39 is 10.8 Å². The van der Waals surface area contributed by atoms with Crippen LogP contribution in [0.25, 0.3) is 0 Å². The van der Waals surface area contributed by atoms with Crippen molar-refractivity contribution in [1.29, 1.82) is 0 Å². The summed E-state index contributed by atoms with van der Waals surface area (Å²) in [5.41, 5.74) is 2.50.